The van der Waals surface area contributed by atoms with Crippen molar-refractivity contribution in [2.75, 3.05) is 0 Å². The molecule has 0 heterocycles. The second-order valence-electron chi connectivity index (χ2n) is 5.40. The van der Waals surface area contributed by atoms with Gasteiger partial charge in [0.1, 0.15) is 0 Å². The summed E-state index contributed by atoms with van der Waals surface area (Å²) in [6, 6.07) is 5.09. The van der Waals surface area contributed by atoms with E-state index in [4.69, 9.17) is 0 Å². The first-order valence-electron chi connectivity index (χ1n) is 6.34. The van der Waals surface area contributed by atoms with Gasteiger partial charge < -0.3 is 5.11 Å². The number of fused-ring (bicyclic) bond motifs is 1. The van der Waals surface area contributed by atoms with Crippen LogP contribution in [-0.2, 0) is 6.18 Å². The highest BCUT2D eigenvalue weighted by Gasteiger charge is 2.55. The molecule has 3 atom stereocenters. The van der Waals surface area contributed by atoms with Gasteiger partial charge in [0.2, 0.25) is 0 Å². The van der Waals surface area contributed by atoms with E-state index >= 15 is 0 Å². The van der Waals surface area contributed by atoms with Crippen LogP contribution in [0.1, 0.15) is 36.5 Å². The molecular formula is C14H15F3O. The molecule has 2 aliphatic rings. The Kier molecular flexibility index (Phi) is 2.66. The summed E-state index contributed by atoms with van der Waals surface area (Å²) < 4.78 is 37.8. The summed E-state index contributed by atoms with van der Waals surface area (Å²) in [7, 11) is 0. The predicted octanol–water partition coefficient (Wildman–Crippen LogP) is 3.78. The molecule has 1 N–H and O–H groups in total. The van der Waals surface area contributed by atoms with Crippen molar-refractivity contribution in [3.63, 3.8) is 0 Å². The zero-order chi connectivity index (χ0) is 12.9. The van der Waals surface area contributed by atoms with E-state index in [1.165, 1.54) is 12.5 Å². The number of rotatable bonds is 2. The van der Waals surface area contributed by atoms with Crippen LogP contribution in [0.25, 0.3) is 0 Å². The normalized spacial score (nSPS) is 32.1. The van der Waals surface area contributed by atoms with Gasteiger partial charge in [-0.3, -0.25) is 0 Å². The van der Waals surface area contributed by atoms with Crippen LogP contribution in [0, 0.1) is 17.8 Å². The van der Waals surface area contributed by atoms with Gasteiger partial charge >= 0.3 is 6.18 Å². The fourth-order valence-electron chi connectivity index (χ4n) is 3.47. The molecule has 18 heavy (non-hydrogen) atoms. The Balaban J connectivity index is 1.80. The minimum absolute atomic E-state index is 0.183. The highest BCUT2D eigenvalue weighted by Crippen LogP contribution is 2.62. The average molecular weight is 256 g/mol. The standard InChI is InChI=1S/C14H15F3O/c15-14(16,17)9-4-1-3-8(7-9)13(18)12-10-5-2-6-11(10)12/h1,3-4,7,10-13,18H,2,5-6H2. The van der Waals surface area contributed by atoms with E-state index < -0.39 is 17.8 Å². The summed E-state index contributed by atoms with van der Waals surface area (Å²) in [5.74, 6) is 1.26. The van der Waals surface area contributed by atoms with E-state index in [2.05, 4.69) is 0 Å². The van der Waals surface area contributed by atoms with Crippen molar-refractivity contribution in [1.29, 1.82) is 0 Å². The average Bonchev–Trinajstić information content (AvgIpc) is 2.80. The lowest BCUT2D eigenvalue weighted by atomic mass is 9.98. The molecule has 98 valence electrons. The van der Waals surface area contributed by atoms with Crippen molar-refractivity contribution >= 4 is 0 Å². The lowest BCUT2D eigenvalue weighted by Gasteiger charge is -2.15. The fourth-order valence-corrected chi connectivity index (χ4v) is 3.47. The van der Waals surface area contributed by atoms with Crippen molar-refractivity contribution in [3.05, 3.63) is 35.4 Å². The van der Waals surface area contributed by atoms with Crippen LogP contribution in [-0.4, -0.2) is 5.11 Å². The SMILES string of the molecule is OC(c1cccc(C(F)(F)F)c1)C1C2CCCC21. The first-order valence-corrected chi connectivity index (χ1v) is 6.34. The molecular weight excluding hydrogens is 241 g/mol. The van der Waals surface area contributed by atoms with Crippen molar-refractivity contribution in [1.82, 2.24) is 0 Å². The van der Waals surface area contributed by atoms with Crippen molar-refractivity contribution < 1.29 is 18.3 Å². The van der Waals surface area contributed by atoms with Gasteiger partial charge in [0.25, 0.3) is 0 Å². The quantitative estimate of drug-likeness (QED) is 0.853. The maximum absolute atomic E-state index is 12.6. The summed E-state index contributed by atoms with van der Waals surface area (Å²) in [6.07, 6.45) is -1.64. The Morgan fingerprint density at radius 2 is 1.83 bits per heavy atom. The van der Waals surface area contributed by atoms with Crippen molar-refractivity contribution in [2.45, 2.75) is 31.5 Å². The van der Waals surface area contributed by atoms with Crippen LogP contribution in [0.3, 0.4) is 0 Å². The fraction of sp³-hybridized carbons (Fsp3) is 0.571. The maximum atomic E-state index is 12.6. The number of aliphatic hydroxyl groups excluding tert-OH is 1. The summed E-state index contributed by atoms with van der Waals surface area (Å²) in [5, 5.41) is 10.2. The third-order valence-corrected chi connectivity index (χ3v) is 4.39. The van der Waals surface area contributed by atoms with Gasteiger partial charge in [-0.25, -0.2) is 0 Å². The highest BCUT2D eigenvalue weighted by molar-refractivity contribution is 5.29. The number of halogens is 3. The maximum Gasteiger partial charge on any atom is 0.416 e. The van der Waals surface area contributed by atoms with Crippen LogP contribution in [0.2, 0.25) is 0 Å². The molecule has 1 aromatic carbocycles. The third kappa shape index (κ3) is 1.92. The number of hydrogen-bond acceptors (Lipinski definition) is 1. The lowest BCUT2D eigenvalue weighted by Crippen LogP contribution is -2.09. The molecule has 0 aromatic heterocycles. The molecule has 2 saturated carbocycles. The minimum Gasteiger partial charge on any atom is -0.388 e. The molecule has 0 aliphatic heterocycles. The Hall–Kier alpha value is -1.03. The van der Waals surface area contributed by atoms with Gasteiger partial charge in [0.15, 0.2) is 0 Å². The van der Waals surface area contributed by atoms with E-state index in [1.807, 2.05) is 0 Å². The smallest absolute Gasteiger partial charge is 0.388 e. The second-order valence-corrected chi connectivity index (χ2v) is 5.40. The van der Waals surface area contributed by atoms with Crippen LogP contribution in [0.5, 0.6) is 0 Å². The molecule has 2 fully saturated rings. The van der Waals surface area contributed by atoms with Crippen LogP contribution in [0.15, 0.2) is 24.3 Å². The first-order chi connectivity index (χ1) is 8.48. The summed E-state index contributed by atoms with van der Waals surface area (Å²) in [6.45, 7) is 0. The highest BCUT2D eigenvalue weighted by atomic mass is 19.4. The minimum atomic E-state index is -4.34. The predicted molar refractivity (Wildman–Crippen MR) is 60.7 cm³/mol. The van der Waals surface area contributed by atoms with Gasteiger partial charge in [-0.2, -0.15) is 13.2 Å². The van der Waals surface area contributed by atoms with Crippen LogP contribution >= 0.6 is 0 Å². The Bertz CT molecular complexity index is 445. The summed E-state index contributed by atoms with van der Waals surface area (Å²) in [5.41, 5.74) is -0.269. The Morgan fingerprint density at radius 3 is 2.44 bits per heavy atom. The van der Waals surface area contributed by atoms with E-state index in [-0.39, 0.29) is 5.92 Å². The summed E-state index contributed by atoms with van der Waals surface area (Å²) in [4.78, 5) is 0. The first kappa shape index (κ1) is 12.0. The third-order valence-electron chi connectivity index (χ3n) is 4.39. The van der Waals surface area contributed by atoms with E-state index in [1.54, 1.807) is 6.07 Å². The monoisotopic (exact) mass is 256 g/mol. The van der Waals surface area contributed by atoms with Gasteiger partial charge in [-0.15, -0.1) is 0 Å². The van der Waals surface area contributed by atoms with Crippen LogP contribution < -0.4 is 0 Å². The largest absolute Gasteiger partial charge is 0.416 e. The molecule has 0 saturated heterocycles. The number of benzene rings is 1. The molecule has 1 nitrogen and oxygen atoms in total. The zero-order valence-corrected chi connectivity index (χ0v) is 9.82. The van der Waals surface area contributed by atoms with Gasteiger partial charge in [0, 0.05) is 0 Å². The van der Waals surface area contributed by atoms with Crippen LogP contribution in [0.4, 0.5) is 13.2 Å². The molecule has 2 aliphatic carbocycles. The van der Waals surface area contributed by atoms with Gasteiger partial charge in [-0.05, 0) is 48.3 Å². The van der Waals surface area contributed by atoms with Gasteiger partial charge in [-0.1, -0.05) is 18.6 Å². The second kappa shape index (κ2) is 3.98. The van der Waals surface area contributed by atoms with Crippen molar-refractivity contribution in [2.24, 2.45) is 17.8 Å². The molecule has 0 radical (unpaired) electrons. The Labute approximate surface area is 104 Å². The molecule has 0 amide bonds. The molecule has 3 unspecified atom stereocenters. The molecule has 4 heteroatoms. The van der Waals surface area contributed by atoms with Crippen molar-refractivity contribution in [3.8, 4) is 0 Å². The Morgan fingerprint density at radius 1 is 1.17 bits per heavy atom. The molecule has 0 bridgehead atoms. The zero-order valence-electron chi connectivity index (χ0n) is 9.82. The number of aliphatic hydroxyl groups is 1. The van der Waals surface area contributed by atoms with Gasteiger partial charge in [0.05, 0.1) is 11.7 Å². The topological polar surface area (TPSA) is 20.2 Å². The van der Waals surface area contributed by atoms with E-state index in [0.29, 0.717) is 17.4 Å². The summed E-state index contributed by atoms with van der Waals surface area (Å²) >= 11 is 0. The number of hydrogen-bond donors (Lipinski definition) is 1. The molecule has 0 spiro atoms. The lowest BCUT2D eigenvalue weighted by molar-refractivity contribution is -0.137. The van der Waals surface area contributed by atoms with E-state index in [9.17, 15) is 18.3 Å². The number of alkyl halides is 3. The molecule has 3 rings (SSSR count). The van der Waals surface area contributed by atoms with E-state index in [0.717, 1.165) is 25.0 Å². The molecule has 1 aromatic rings.